The van der Waals surface area contributed by atoms with Gasteiger partial charge in [0.15, 0.2) is 0 Å². The second-order valence-corrected chi connectivity index (χ2v) is 5.42. The summed E-state index contributed by atoms with van der Waals surface area (Å²) in [4.78, 5) is 13.7. The van der Waals surface area contributed by atoms with Crippen molar-refractivity contribution >= 4 is 11.8 Å². The van der Waals surface area contributed by atoms with E-state index in [1.54, 1.807) is 18.4 Å². The van der Waals surface area contributed by atoms with Gasteiger partial charge in [-0.05, 0) is 53.8 Å². The van der Waals surface area contributed by atoms with Crippen LogP contribution in [0.4, 0.5) is 5.69 Å². The molecule has 0 saturated carbocycles. The summed E-state index contributed by atoms with van der Waals surface area (Å²) in [5.74, 6) is 1.31. The van der Waals surface area contributed by atoms with E-state index in [0.29, 0.717) is 18.2 Å². The molecule has 0 amide bonds. The molecule has 112 valence electrons. The summed E-state index contributed by atoms with van der Waals surface area (Å²) in [6.45, 7) is 2.86. The van der Waals surface area contributed by atoms with E-state index in [9.17, 15) is 4.79 Å². The van der Waals surface area contributed by atoms with Crippen molar-refractivity contribution in [1.82, 2.24) is 0 Å². The van der Waals surface area contributed by atoms with E-state index in [2.05, 4.69) is 11.9 Å². The molecule has 0 radical (unpaired) electrons. The quantitative estimate of drug-likeness (QED) is 0.604. The summed E-state index contributed by atoms with van der Waals surface area (Å²) in [7, 11) is 0. The molecule has 4 nitrogen and oxygen atoms in total. The van der Waals surface area contributed by atoms with Crippen LogP contribution in [0.2, 0.25) is 0 Å². The number of rotatable bonds is 5. The third-order valence-electron chi connectivity index (χ3n) is 3.99. The van der Waals surface area contributed by atoms with Gasteiger partial charge in [-0.2, -0.15) is 4.99 Å². The molecular weight excluding hydrogens is 278 g/mol. The van der Waals surface area contributed by atoms with E-state index < -0.39 is 0 Å². The molecule has 0 fully saturated rings. The first kappa shape index (κ1) is 14.4. The number of aliphatic imine (C=N–C) groups is 1. The molecule has 0 bridgehead atoms. The van der Waals surface area contributed by atoms with Crippen LogP contribution < -0.4 is 4.74 Å². The number of allylic oxidation sites excluding steroid dienone is 3. The highest BCUT2D eigenvalue weighted by Crippen LogP contribution is 2.40. The number of benzene rings is 1. The molecule has 4 heteroatoms. The molecule has 2 aliphatic rings. The predicted octanol–water partition coefficient (Wildman–Crippen LogP) is 4.19. The predicted molar refractivity (Wildman–Crippen MR) is 83.5 cm³/mol. The van der Waals surface area contributed by atoms with E-state index >= 15 is 0 Å². The summed E-state index contributed by atoms with van der Waals surface area (Å²) in [6, 6.07) is 7.10. The monoisotopic (exact) mass is 295 g/mol. The fourth-order valence-electron chi connectivity index (χ4n) is 2.92. The van der Waals surface area contributed by atoms with Crippen LogP contribution in [0.25, 0.3) is 0 Å². The molecule has 0 saturated heterocycles. The Morgan fingerprint density at radius 1 is 1.36 bits per heavy atom. The second-order valence-electron chi connectivity index (χ2n) is 5.42. The van der Waals surface area contributed by atoms with Gasteiger partial charge >= 0.3 is 0 Å². The molecule has 1 unspecified atom stereocenters. The number of fused-ring (bicyclic) bond motifs is 1. The topological polar surface area (TPSA) is 47.9 Å². The number of isocyanates is 1. The van der Waals surface area contributed by atoms with Crippen molar-refractivity contribution in [3.05, 3.63) is 59.6 Å². The molecule has 1 heterocycles. The van der Waals surface area contributed by atoms with Gasteiger partial charge in [-0.15, -0.1) is 0 Å². The maximum atomic E-state index is 10.2. The van der Waals surface area contributed by atoms with Gasteiger partial charge in [0.05, 0.1) is 24.8 Å². The van der Waals surface area contributed by atoms with Crippen molar-refractivity contribution in [1.29, 1.82) is 0 Å². The van der Waals surface area contributed by atoms with Crippen LogP contribution in [0.3, 0.4) is 0 Å². The first-order valence-electron chi connectivity index (χ1n) is 7.33. The van der Waals surface area contributed by atoms with Crippen LogP contribution >= 0.6 is 0 Å². The minimum Gasteiger partial charge on any atom is -0.493 e. The highest BCUT2D eigenvalue weighted by Gasteiger charge is 2.26. The average Bonchev–Trinajstić information content (AvgIpc) is 2.85. The molecule has 0 spiro atoms. The van der Waals surface area contributed by atoms with Crippen LogP contribution in [-0.4, -0.2) is 12.7 Å². The minimum absolute atomic E-state index is 0.528. The largest absolute Gasteiger partial charge is 0.493 e. The van der Waals surface area contributed by atoms with Gasteiger partial charge in [-0.25, -0.2) is 4.79 Å². The Labute approximate surface area is 129 Å². The third kappa shape index (κ3) is 3.02. The zero-order chi connectivity index (χ0) is 15.4. The highest BCUT2D eigenvalue weighted by atomic mass is 16.5. The Bertz CT molecular complexity index is 692. The van der Waals surface area contributed by atoms with Gasteiger partial charge < -0.3 is 9.47 Å². The van der Waals surface area contributed by atoms with Crippen LogP contribution in [0.15, 0.2) is 64.6 Å². The molecular formula is C18H17NO3. The Kier molecular flexibility index (Phi) is 4.22. The Morgan fingerprint density at radius 3 is 2.95 bits per heavy atom. The van der Waals surface area contributed by atoms with Gasteiger partial charge in [0.25, 0.3) is 0 Å². The third-order valence-corrected chi connectivity index (χ3v) is 3.99. The van der Waals surface area contributed by atoms with Crippen LogP contribution in [-0.2, 0) is 9.53 Å². The Balaban J connectivity index is 1.61. The lowest BCUT2D eigenvalue weighted by molar-refractivity contribution is 0.317. The van der Waals surface area contributed by atoms with Gasteiger partial charge in [0, 0.05) is 6.42 Å². The van der Waals surface area contributed by atoms with Gasteiger partial charge in [-0.3, -0.25) is 0 Å². The summed E-state index contributed by atoms with van der Waals surface area (Å²) in [5.41, 5.74) is 4.59. The molecule has 1 aromatic rings. The van der Waals surface area contributed by atoms with Crippen molar-refractivity contribution in [2.75, 3.05) is 6.61 Å². The SMILES string of the molecule is CC1CC2=COC=CC2=C1CCOc1ccc(N=C=O)cc1. The normalized spacial score (nSPS) is 19.1. The van der Waals surface area contributed by atoms with Crippen LogP contribution in [0, 0.1) is 5.92 Å². The van der Waals surface area contributed by atoms with E-state index in [1.165, 1.54) is 22.8 Å². The fourth-order valence-corrected chi connectivity index (χ4v) is 2.92. The van der Waals surface area contributed by atoms with E-state index in [1.807, 2.05) is 24.5 Å². The lowest BCUT2D eigenvalue weighted by Gasteiger charge is -2.11. The molecule has 1 aliphatic heterocycles. The molecule has 1 aromatic carbocycles. The molecule has 22 heavy (non-hydrogen) atoms. The van der Waals surface area contributed by atoms with Gasteiger partial charge in [0.2, 0.25) is 6.08 Å². The molecule has 0 aromatic heterocycles. The molecule has 0 N–H and O–H groups in total. The maximum Gasteiger partial charge on any atom is 0.240 e. The molecule has 3 rings (SSSR count). The first-order chi connectivity index (χ1) is 10.8. The standard InChI is InChI=1S/C18H17NO3/c1-13-10-14-11-21-8-6-18(14)17(13)7-9-22-16-4-2-15(3-5-16)19-12-20/h2-6,8,11,13H,7,9-10H2,1H3. The lowest BCUT2D eigenvalue weighted by atomic mass is 10.00. The summed E-state index contributed by atoms with van der Waals surface area (Å²) >= 11 is 0. The summed E-state index contributed by atoms with van der Waals surface area (Å²) in [5, 5.41) is 0. The Morgan fingerprint density at radius 2 is 2.18 bits per heavy atom. The van der Waals surface area contributed by atoms with E-state index in [-0.39, 0.29) is 0 Å². The summed E-state index contributed by atoms with van der Waals surface area (Å²) in [6.07, 6.45) is 9.06. The van der Waals surface area contributed by atoms with Crippen molar-refractivity contribution in [2.45, 2.75) is 19.8 Å². The van der Waals surface area contributed by atoms with Crippen molar-refractivity contribution in [2.24, 2.45) is 10.9 Å². The molecule has 1 aliphatic carbocycles. The van der Waals surface area contributed by atoms with Crippen molar-refractivity contribution in [3.63, 3.8) is 0 Å². The summed E-state index contributed by atoms with van der Waals surface area (Å²) < 4.78 is 11.0. The zero-order valence-electron chi connectivity index (χ0n) is 12.4. The number of carbonyl (C=O) groups excluding carboxylic acids is 1. The Hall–Kier alpha value is -2.58. The molecule has 1 atom stereocenters. The van der Waals surface area contributed by atoms with Crippen LogP contribution in [0.5, 0.6) is 5.75 Å². The second kappa shape index (κ2) is 6.46. The van der Waals surface area contributed by atoms with Gasteiger partial charge in [0.1, 0.15) is 5.75 Å². The first-order valence-corrected chi connectivity index (χ1v) is 7.33. The number of nitrogens with zero attached hydrogens (tertiary/aromatic N) is 1. The minimum atomic E-state index is 0.528. The van der Waals surface area contributed by atoms with E-state index in [4.69, 9.17) is 9.47 Å². The zero-order valence-corrected chi connectivity index (χ0v) is 12.4. The van der Waals surface area contributed by atoms with Crippen LogP contribution in [0.1, 0.15) is 19.8 Å². The van der Waals surface area contributed by atoms with E-state index in [0.717, 1.165) is 18.6 Å². The average molecular weight is 295 g/mol. The number of hydrogen-bond acceptors (Lipinski definition) is 4. The maximum absolute atomic E-state index is 10.2. The lowest BCUT2D eigenvalue weighted by Crippen LogP contribution is -2.03. The fraction of sp³-hybridized carbons (Fsp3) is 0.278. The van der Waals surface area contributed by atoms with Gasteiger partial charge in [-0.1, -0.05) is 12.5 Å². The number of hydrogen-bond donors (Lipinski definition) is 0. The van der Waals surface area contributed by atoms with Crippen molar-refractivity contribution in [3.8, 4) is 5.75 Å². The van der Waals surface area contributed by atoms with Crippen molar-refractivity contribution < 1.29 is 14.3 Å². The highest BCUT2D eigenvalue weighted by molar-refractivity contribution is 5.51. The smallest absolute Gasteiger partial charge is 0.240 e. The number of ether oxygens (including phenoxy) is 2.